The second-order valence-corrected chi connectivity index (χ2v) is 6.88. The van der Waals surface area contributed by atoms with Crippen LogP contribution in [0.4, 0.5) is 5.69 Å². The van der Waals surface area contributed by atoms with Crippen LogP contribution < -0.4 is 11.0 Å². The molecule has 0 fully saturated rings. The van der Waals surface area contributed by atoms with E-state index in [1.807, 2.05) is 32.3 Å². The number of nitrogens with one attached hydrogen (secondary N) is 3. The van der Waals surface area contributed by atoms with Crippen LogP contribution in [0.3, 0.4) is 0 Å². The third-order valence-corrected chi connectivity index (χ3v) is 4.60. The Morgan fingerprint density at radius 1 is 1.07 bits per heavy atom. The van der Waals surface area contributed by atoms with Crippen molar-refractivity contribution in [3.05, 3.63) is 64.7 Å². The maximum Gasteiger partial charge on any atom is 0.323 e. The van der Waals surface area contributed by atoms with Gasteiger partial charge in [-0.25, -0.2) is 4.79 Å². The van der Waals surface area contributed by atoms with Gasteiger partial charge in [-0.1, -0.05) is 6.07 Å². The number of aromatic amines is 2. The number of anilines is 1. The van der Waals surface area contributed by atoms with Gasteiger partial charge in [0.2, 0.25) is 0 Å². The third-order valence-electron chi connectivity index (χ3n) is 4.60. The molecule has 4 rings (SSSR count). The molecule has 0 saturated carbocycles. The molecule has 4 aromatic rings. The van der Waals surface area contributed by atoms with E-state index < -0.39 is 0 Å². The van der Waals surface area contributed by atoms with Gasteiger partial charge in [-0.2, -0.15) is 0 Å². The molecule has 3 N–H and O–H groups in total. The summed E-state index contributed by atoms with van der Waals surface area (Å²) in [7, 11) is 4.10. The summed E-state index contributed by atoms with van der Waals surface area (Å²) in [5.74, 6) is -0.218. The number of amides is 1. The second kappa shape index (κ2) is 6.77. The van der Waals surface area contributed by atoms with E-state index in [0.29, 0.717) is 16.6 Å². The van der Waals surface area contributed by atoms with Gasteiger partial charge in [0.1, 0.15) is 0 Å². The number of nitrogens with zero attached hydrogens (tertiary/aromatic N) is 2. The molecule has 138 valence electrons. The van der Waals surface area contributed by atoms with E-state index in [9.17, 15) is 9.59 Å². The number of aromatic nitrogens is 3. The van der Waals surface area contributed by atoms with Crippen LogP contribution in [0.25, 0.3) is 21.9 Å². The van der Waals surface area contributed by atoms with Gasteiger partial charge in [-0.3, -0.25) is 4.79 Å². The zero-order valence-corrected chi connectivity index (χ0v) is 15.2. The lowest BCUT2D eigenvalue weighted by Crippen LogP contribution is -2.18. The Kier molecular flexibility index (Phi) is 4.29. The zero-order valence-electron chi connectivity index (χ0n) is 15.2. The average Bonchev–Trinajstić information content (AvgIpc) is 3.20. The average molecular weight is 363 g/mol. The summed E-state index contributed by atoms with van der Waals surface area (Å²) < 4.78 is 2.18. The predicted octanol–water partition coefficient (Wildman–Crippen LogP) is 2.62. The first-order valence-electron chi connectivity index (χ1n) is 8.77. The fraction of sp³-hybridized carbons (Fsp3) is 0.200. The zero-order chi connectivity index (χ0) is 19.0. The highest BCUT2D eigenvalue weighted by atomic mass is 16.2. The van der Waals surface area contributed by atoms with Crippen molar-refractivity contribution in [1.82, 2.24) is 19.4 Å². The monoisotopic (exact) mass is 363 g/mol. The summed E-state index contributed by atoms with van der Waals surface area (Å²) in [6.07, 6.45) is 2.07. The molecule has 2 heterocycles. The fourth-order valence-electron chi connectivity index (χ4n) is 3.14. The Labute approximate surface area is 155 Å². The molecule has 0 aliphatic rings. The maximum absolute atomic E-state index is 12.6. The van der Waals surface area contributed by atoms with E-state index in [1.165, 1.54) is 0 Å². The Morgan fingerprint density at radius 2 is 1.89 bits per heavy atom. The fourth-order valence-corrected chi connectivity index (χ4v) is 3.14. The van der Waals surface area contributed by atoms with Crippen molar-refractivity contribution < 1.29 is 4.79 Å². The van der Waals surface area contributed by atoms with Gasteiger partial charge in [0.05, 0.1) is 16.6 Å². The number of hydrogen-bond donors (Lipinski definition) is 3. The van der Waals surface area contributed by atoms with Crippen molar-refractivity contribution >= 4 is 33.5 Å². The highest BCUT2D eigenvalue weighted by molar-refractivity contribution is 6.06. The molecular weight excluding hydrogens is 342 g/mol. The summed E-state index contributed by atoms with van der Waals surface area (Å²) in [5, 5.41) is 4.08. The SMILES string of the molecule is CN(C)CCn1ccc2ccc(NC(=O)c3ccc4[nH]c(=O)[nH]c4c3)cc21. The molecule has 7 nitrogen and oxygen atoms in total. The maximum atomic E-state index is 12.6. The molecule has 0 unspecified atom stereocenters. The molecule has 0 aliphatic carbocycles. The minimum absolute atomic E-state index is 0.218. The van der Waals surface area contributed by atoms with E-state index in [1.54, 1.807) is 18.2 Å². The van der Waals surface area contributed by atoms with Gasteiger partial charge in [0, 0.05) is 30.5 Å². The normalized spacial score (nSPS) is 11.5. The largest absolute Gasteiger partial charge is 0.346 e. The van der Waals surface area contributed by atoms with Crippen molar-refractivity contribution in [2.75, 3.05) is 26.0 Å². The van der Waals surface area contributed by atoms with Crippen LogP contribution in [0.1, 0.15) is 10.4 Å². The molecule has 0 atom stereocenters. The Morgan fingerprint density at radius 3 is 2.70 bits per heavy atom. The number of fused-ring (bicyclic) bond motifs is 2. The van der Waals surface area contributed by atoms with E-state index in [-0.39, 0.29) is 11.6 Å². The highest BCUT2D eigenvalue weighted by Crippen LogP contribution is 2.21. The number of likely N-dealkylation sites (N-methyl/N-ethyl adjacent to an activating group) is 1. The molecule has 2 aromatic carbocycles. The van der Waals surface area contributed by atoms with Gasteiger partial charge in [-0.05, 0) is 55.9 Å². The number of carbonyl (C=O) groups is 1. The standard InChI is InChI=1S/C20H21N5O2/c1-24(2)9-10-25-8-7-13-3-5-15(12-18(13)25)21-19(26)14-4-6-16-17(11-14)23-20(27)22-16/h3-8,11-12H,9-10H2,1-2H3,(H,21,26)(H2,22,23,27). The first kappa shape index (κ1) is 17.1. The van der Waals surface area contributed by atoms with Crippen molar-refractivity contribution in [1.29, 1.82) is 0 Å². The van der Waals surface area contributed by atoms with Crippen molar-refractivity contribution in [3.63, 3.8) is 0 Å². The molecule has 1 amide bonds. The van der Waals surface area contributed by atoms with E-state index in [2.05, 4.69) is 37.0 Å². The molecule has 0 radical (unpaired) electrons. The summed E-state index contributed by atoms with van der Waals surface area (Å²) in [6.45, 7) is 1.82. The van der Waals surface area contributed by atoms with Crippen LogP contribution in [0.5, 0.6) is 0 Å². The van der Waals surface area contributed by atoms with Crippen LogP contribution in [0.2, 0.25) is 0 Å². The molecule has 0 saturated heterocycles. The highest BCUT2D eigenvalue weighted by Gasteiger charge is 2.10. The predicted molar refractivity (Wildman–Crippen MR) is 107 cm³/mol. The molecule has 7 heteroatoms. The minimum atomic E-state index is -0.286. The first-order chi connectivity index (χ1) is 13.0. The molecule has 0 aliphatic heterocycles. The van der Waals surface area contributed by atoms with E-state index >= 15 is 0 Å². The van der Waals surface area contributed by atoms with Crippen LogP contribution in [-0.4, -0.2) is 46.0 Å². The number of H-pyrrole nitrogens is 2. The lowest BCUT2D eigenvalue weighted by atomic mass is 10.1. The molecule has 0 bridgehead atoms. The summed E-state index contributed by atoms with van der Waals surface area (Å²) in [5.41, 5.74) is 3.31. The van der Waals surface area contributed by atoms with E-state index in [4.69, 9.17) is 0 Å². The minimum Gasteiger partial charge on any atom is -0.346 e. The second-order valence-electron chi connectivity index (χ2n) is 6.88. The Bertz CT molecular complexity index is 1180. The van der Waals surface area contributed by atoms with Gasteiger partial charge in [0.25, 0.3) is 5.91 Å². The molecule has 0 spiro atoms. The smallest absolute Gasteiger partial charge is 0.323 e. The molecule has 2 aromatic heterocycles. The summed E-state index contributed by atoms with van der Waals surface area (Å²) in [6, 6.07) is 13.0. The summed E-state index contributed by atoms with van der Waals surface area (Å²) >= 11 is 0. The molecular formula is C20H21N5O2. The van der Waals surface area contributed by atoms with Gasteiger partial charge in [-0.15, -0.1) is 0 Å². The van der Waals surface area contributed by atoms with Crippen molar-refractivity contribution in [2.45, 2.75) is 6.54 Å². The van der Waals surface area contributed by atoms with Crippen LogP contribution in [0.15, 0.2) is 53.5 Å². The quantitative estimate of drug-likeness (QED) is 0.509. The van der Waals surface area contributed by atoms with E-state index in [0.717, 1.165) is 29.7 Å². The van der Waals surface area contributed by atoms with Gasteiger partial charge >= 0.3 is 5.69 Å². The molecule has 27 heavy (non-hydrogen) atoms. The van der Waals surface area contributed by atoms with Crippen LogP contribution in [-0.2, 0) is 6.54 Å². The number of imidazole rings is 1. The lowest BCUT2D eigenvalue weighted by molar-refractivity contribution is 0.102. The first-order valence-corrected chi connectivity index (χ1v) is 8.77. The number of benzene rings is 2. The van der Waals surface area contributed by atoms with Crippen molar-refractivity contribution in [3.8, 4) is 0 Å². The van der Waals surface area contributed by atoms with Crippen LogP contribution in [0, 0.1) is 0 Å². The lowest BCUT2D eigenvalue weighted by Gasteiger charge is -2.12. The number of carbonyl (C=O) groups excluding carboxylic acids is 1. The third kappa shape index (κ3) is 3.50. The van der Waals surface area contributed by atoms with Crippen molar-refractivity contribution in [2.24, 2.45) is 0 Å². The topological polar surface area (TPSA) is 85.9 Å². The van der Waals surface area contributed by atoms with Gasteiger partial charge < -0.3 is 24.8 Å². The number of hydrogen-bond acceptors (Lipinski definition) is 3. The summed E-state index contributed by atoms with van der Waals surface area (Å²) in [4.78, 5) is 31.5. The van der Waals surface area contributed by atoms with Crippen LogP contribution >= 0.6 is 0 Å². The van der Waals surface area contributed by atoms with Gasteiger partial charge in [0.15, 0.2) is 0 Å². The Balaban J connectivity index is 1.58. The number of rotatable bonds is 5. The Hall–Kier alpha value is -3.32.